The van der Waals surface area contributed by atoms with Crippen LogP contribution in [0.3, 0.4) is 0 Å². The summed E-state index contributed by atoms with van der Waals surface area (Å²) in [6, 6.07) is 12.6. The van der Waals surface area contributed by atoms with Gasteiger partial charge in [-0.1, -0.05) is 35.0 Å². The summed E-state index contributed by atoms with van der Waals surface area (Å²) in [4.78, 5) is 11.1. The summed E-state index contributed by atoms with van der Waals surface area (Å²) in [6.45, 7) is 1.65. The molecule has 0 bridgehead atoms. The number of carboxylic acid groups (broad SMARTS) is 1. The van der Waals surface area contributed by atoms with Crippen molar-refractivity contribution < 1.29 is 14.4 Å². The molecule has 4 nitrogen and oxygen atoms in total. The fourth-order valence-electron chi connectivity index (χ4n) is 2.18. The van der Waals surface area contributed by atoms with Crippen LogP contribution in [-0.2, 0) is 4.79 Å². The summed E-state index contributed by atoms with van der Waals surface area (Å²) in [5.41, 5.74) is 2.90. The maximum Gasteiger partial charge on any atom is 0.310 e. The molecule has 0 radical (unpaired) electrons. The molecule has 106 valence electrons. The summed E-state index contributed by atoms with van der Waals surface area (Å²) >= 11 is 5.88. The number of halogens is 1. The number of benzene rings is 2. The van der Waals surface area contributed by atoms with Crippen molar-refractivity contribution >= 4 is 28.5 Å². The number of hydrogen-bond acceptors (Lipinski definition) is 3. The predicted molar refractivity (Wildman–Crippen MR) is 80.5 cm³/mol. The van der Waals surface area contributed by atoms with E-state index in [0.717, 1.165) is 10.9 Å². The van der Waals surface area contributed by atoms with E-state index in [1.165, 1.54) is 0 Å². The quantitative estimate of drug-likeness (QED) is 0.781. The fraction of sp³-hybridized carbons (Fsp3) is 0.125. The average Bonchev–Trinajstić information content (AvgIpc) is 2.90. The summed E-state index contributed by atoms with van der Waals surface area (Å²) in [5.74, 6) is -1.44. The monoisotopic (exact) mass is 301 g/mol. The van der Waals surface area contributed by atoms with Crippen molar-refractivity contribution in [1.82, 2.24) is 5.16 Å². The highest BCUT2D eigenvalue weighted by atomic mass is 35.5. The van der Waals surface area contributed by atoms with Gasteiger partial charge in [0.25, 0.3) is 0 Å². The lowest BCUT2D eigenvalue weighted by molar-refractivity contribution is -0.138. The van der Waals surface area contributed by atoms with E-state index in [-0.39, 0.29) is 0 Å². The molecular formula is C16H12ClNO3. The Kier molecular flexibility index (Phi) is 3.39. The van der Waals surface area contributed by atoms with Crippen LogP contribution >= 0.6 is 11.6 Å². The van der Waals surface area contributed by atoms with E-state index in [0.29, 0.717) is 21.9 Å². The zero-order valence-electron chi connectivity index (χ0n) is 11.2. The summed E-state index contributed by atoms with van der Waals surface area (Å²) in [6.07, 6.45) is 0. The molecule has 0 spiro atoms. The molecular weight excluding hydrogens is 290 g/mol. The lowest BCUT2D eigenvalue weighted by atomic mass is 9.98. The SMILES string of the molecule is C[C@H](C(=O)O)c1ccc2onc(-c3ccc(Cl)cc3)c2c1. The molecule has 1 heterocycles. The minimum Gasteiger partial charge on any atom is -0.481 e. The molecule has 0 aliphatic rings. The highest BCUT2D eigenvalue weighted by Gasteiger charge is 2.17. The van der Waals surface area contributed by atoms with Crippen LogP contribution in [-0.4, -0.2) is 16.2 Å². The Hall–Kier alpha value is -2.33. The molecule has 0 saturated carbocycles. The minimum atomic E-state index is -0.862. The third kappa shape index (κ3) is 2.50. The van der Waals surface area contributed by atoms with Crippen molar-refractivity contribution in [3.8, 4) is 11.3 Å². The second-order valence-corrected chi connectivity index (χ2v) is 5.29. The summed E-state index contributed by atoms with van der Waals surface area (Å²) < 4.78 is 5.30. The number of rotatable bonds is 3. The zero-order valence-corrected chi connectivity index (χ0v) is 12.0. The molecule has 0 aliphatic carbocycles. The van der Waals surface area contributed by atoms with Gasteiger partial charge >= 0.3 is 5.97 Å². The van der Waals surface area contributed by atoms with Gasteiger partial charge in [0.15, 0.2) is 5.58 Å². The number of carbonyl (C=O) groups is 1. The van der Waals surface area contributed by atoms with Gasteiger partial charge in [0.1, 0.15) is 5.69 Å². The Balaban J connectivity index is 2.13. The van der Waals surface area contributed by atoms with E-state index in [2.05, 4.69) is 5.16 Å². The van der Waals surface area contributed by atoms with Gasteiger partial charge in [-0.25, -0.2) is 0 Å². The zero-order chi connectivity index (χ0) is 15.0. The van der Waals surface area contributed by atoms with Gasteiger partial charge in [0.2, 0.25) is 0 Å². The molecule has 0 aliphatic heterocycles. The Bertz CT molecular complexity index is 808. The van der Waals surface area contributed by atoms with Crippen molar-refractivity contribution in [2.24, 2.45) is 0 Å². The summed E-state index contributed by atoms with van der Waals surface area (Å²) in [7, 11) is 0. The lowest BCUT2D eigenvalue weighted by Gasteiger charge is -2.06. The second-order valence-electron chi connectivity index (χ2n) is 4.85. The van der Waals surface area contributed by atoms with Gasteiger partial charge in [-0.15, -0.1) is 0 Å². The third-order valence-electron chi connectivity index (χ3n) is 3.48. The van der Waals surface area contributed by atoms with Crippen LogP contribution < -0.4 is 0 Å². The van der Waals surface area contributed by atoms with Crippen molar-refractivity contribution in [3.05, 3.63) is 53.1 Å². The van der Waals surface area contributed by atoms with Gasteiger partial charge in [0, 0.05) is 16.0 Å². The van der Waals surface area contributed by atoms with Crippen molar-refractivity contribution in [2.75, 3.05) is 0 Å². The van der Waals surface area contributed by atoms with Crippen LogP contribution in [0.15, 0.2) is 47.0 Å². The lowest BCUT2D eigenvalue weighted by Crippen LogP contribution is -2.06. The van der Waals surface area contributed by atoms with Crippen molar-refractivity contribution in [1.29, 1.82) is 0 Å². The number of nitrogens with zero attached hydrogens (tertiary/aromatic N) is 1. The Labute approximate surface area is 125 Å². The van der Waals surface area contributed by atoms with E-state index in [1.807, 2.05) is 18.2 Å². The fourth-order valence-corrected chi connectivity index (χ4v) is 2.31. The number of carboxylic acids is 1. The van der Waals surface area contributed by atoms with Crippen LogP contribution in [0.1, 0.15) is 18.4 Å². The first-order valence-corrected chi connectivity index (χ1v) is 6.82. The van der Waals surface area contributed by atoms with Crippen LogP contribution in [0.25, 0.3) is 22.2 Å². The molecule has 1 atom stereocenters. The maximum absolute atomic E-state index is 11.1. The van der Waals surface area contributed by atoms with Gasteiger partial charge < -0.3 is 9.63 Å². The first-order valence-electron chi connectivity index (χ1n) is 6.44. The second kappa shape index (κ2) is 5.22. The largest absolute Gasteiger partial charge is 0.481 e. The van der Waals surface area contributed by atoms with E-state index in [4.69, 9.17) is 21.2 Å². The number of aliphatic carboxylic acids is 1. The molecule has 21 heavy (non-hydrogen) atoms. The molecule has 0 saturated heterocycles. The standard InChI is InChI=1S/C16H12ClNO3/c1-9(16(19)20)11-4-7-14-13(8-11)15(18-21-14)10-2-5-12(17)6-3-10/h2-9H,1H3,(H,19,20)/t9-/m0/s1. The van der Waals surface area contributed by atoms with Gasteiger partial charge in [-0.2, -0.15) is 0 Å². The first-order chi connectivity index (χ1) is 10.1. The highest BCUT2D eigenvalue weighted by molar-refractivity contribution is 6.30. The van der Waals surface area contributed by atoms with Crippen molar-refractivity contribution in [2.45, 2.75) is 12.8 Å². The molecule has 1 aromatic heterocycles. The van der Waals surface area contributed by atoms with Gasteiger partial charge in [-0.05, 0) is 36.8 Å². The molecule has 5 heteroatoms. The van der Waals surface area contributed by atoms with Crippen LogP contribution in [0.2, 0.25) is 5.02 Å². The van der Waals surface area contributed by atoms with Gasteiger partial charge in [0.05, 0.1) is 5.92 Å². The molecule has 1 N–H and O–H groups in total. The molecule has 0 unspecified atom stereocenters. The highest BCUT2D eigenvalue weighted by Crippen LogP contribution is 2.31. The maximum atomic E-state index is 11.1. The van der Waals surface area contributed by atoms with Crippen LogP contribution in [0, 0.1) is 0 Å². The minimum absolute atomic E-state index is 0.581. The Morgan fingerprint density at radius 1 is 1.24 bits per heavy atom. The molecule has 2 aromatic carbocycles. The van der Waals surface area contributed by atoms with E-state index >= 15 is 0 Å². The van der Waals surface area contributed by atoms with Crippen molar-refractivity contribution in [3.63, 3.8) is 0 Å². The Morgan fingerprint density at radius 3 is 2.62 bits per heavy atom. The smallest absolute Gasteiger partial charge is 0.310 e. The number of fused-ring (bicyclic) bond motifs is 1. The third-order valence-corrected chi connectivity index (χ3v) is 3.73. The van der Waals surface area contributed by atoms with Gasteiger partial charge in [-0.3, -0.25) is 4.79 Å². The number of aromatic nitrogens is 1. The Morgan fingerprint density at radius 2 is 1.95 bits per heavy atom. The average molecular weight is 302 g/mol. The molecule has 0 amide bonds. The summed E-state index contributed by atoms with van der Waals surface area (Å²) in [5, 5.41) is 14.6. The van der Waals surface area contributed by atoms with Crippen LogP contribution in [0.4, 0.5) is 0 Å². The van der Waals surface area contributed by atoms with Crippen LogP contribution in [0.5, 0.6) is 0 Å². The van der Waals surface area contributed by atoms with E-state index < -0.39 is 11.9 Å². The first kappa shape index (κ1) is 13.6. The number of hydrogen-bond donors (Lipinski definition) is 1. The topological polar surface area (TPSA) is 63.3 Å². The van der Waals surface area contributed by atoms with E-state index in [9.17, 15) is 4.79 Å². The molecule has 3 aromatic rings. The van der Waals surface area contributed by atoms with E-state index in [1.54, 1.807) is 31.2 Å². The molecule has 3 rings (SSSR count). The normalized spacial score (nSPS) is 12.5. The predicted octanol–water partition coefficient (Wildman–Crippen LogP) is 4.34. The molecule has 0 fully saturated rings.